The number of likely N-dealkylation sites (N-methyl/N-ethyl adjacent to an activating group) is 1. The Morgan fingerprint density at radius 1 is 0.698 bits per heavy atom. The maximum absolute atomic E-state index is 12.2. The predicted octanol–water partition coefficient (Wildman–Crippen LogP) is 8.68. The second kappa shape index (κ2) is 27.8. The monoisotopic (exact) mass is 636 g/mol. The van der Waals surface area contributed by atoms with Crippen molar-refractivity contribution in [1.82, 2.24) is 5.32 Å². The molecule has 8 nitrogen and oxygen atoms in total. The molecule has 258 valence electrons. The largest absolute Gasteiger partial charge is 0.472 e. The topological polar surface area (TPSA) is 105 Å². The summed E-state index contributed by atoms with van der Waals surface area (Å²) in [4.78, 5) is 21.5. The number of nitrogens with zero attached hydrogens (tertiary/aromatic N) is 1. The number of aliphatic hydroxyl groups excluding tert-OH is 1. The fourth-order valence-corrected chi connectivity index (χ4v) is 6.05. The van der Waals surface area contributed by atoms with Crippen molar-refractivity contribution in [1.29, 1.82) is 0 Å². The van der Waals surface area contributed by atoms with Crippen molar-refractivity contribution in [3.8, 4) is 0 Å². The van der Waals surface area contributed by atoms with Crippen molar-refractivity contribution in [2.45, 2.75) is 174 Å². The first kappa shape index (κ1) is 42.5. The van der Waals surface area contributed by atoms with Crippen LogP contribution in [0.3, 0.4) is 0 Å². The first-order valence-corrected chi connectivity index (χ1v) is 19.3. The van der Waals surface area contributed by atoms with E-state index in [-0.39, 0.29) is 19.1 Å². The average Bonchev–Trinajstić information content (AvgIpc) is 2.92. The highest BCUT2D eigenvalue weighted by Gasteiger charge is 2.28. The van der Waals surface area contributed by atoms with Crippen LogP contribution in [0.2, 0.25) is 0 Å². The molecule has 43 heavy (non-hydrogen) atoms. The number of hydrogen-bond donors (Lipinski definition) is 3. The SMILES string of the molecule is CCCCCCCCCCCCCCCCCCCCCCCCC(O)C(COP(=O)(O)OCC[N+](C)(C)C)NC(C)=O. The minimum Gasteiger partial charge on any atom is -0.391 e. The fraction of sp³-hybridized carbons (Fsp3) is 0.971. The molecule has 0 aliphatic carbocycles. The number of carbonyl (C=O) groups excluding carboxylic acids is 1. The van der Waals surface area contributed by atoms with Crippen molar-refractivity contribution >= 4 is 13.7 Å². The van der Waals surface area contributed by atoms with Crippen LogP contribution in [0, 0.1) is 0 Å². The van der Waals surface area contributed by atoms with Gasteiger partial charge in [-0.15, -0.1) is 0 Å². The van der Waals surface area contributed by atoms with Gasteiger partial charge in [0.1, 0.15) is 13.2 Å². The molecular formula is C34H72N2O6P+. The summed E-state index contributed by atoms with van der Waals surface area (Å²) in [6.45, 7) is 3.98. The van der Waals surface area contributed by atoms with E-state index in [1.54, 1.807) is 0 Å². The van der Waals surface area contributed by atoms with Crippen LogP contribution in [-0.2, 0) is 18.4 Å². The predicted molar refractivity (Wildman–Crippen MR) is 180 cm³/mol. The number of unbranched alkanes of at least 4 members (excludes halogenated alkanes) is 21. The highest BCUT2D eigenvalue weighted by Crippen LogP contribution is 2.43. The van der Waals surface area contributed by atoms with E-state index in [0.29, 0.717) is 17.4 Å². The summed E-state index contributed by atoms with van der Waals surface area (Å²) in [5.41, 5.74) is 0. The Bertz CT molecular complexity index is 688. The summed E-state index contributed by atoms with van der Waals surface area (Å²) in [5.74, 6) is -0.319. The Morgan fingerprint density at radius 2 is 1.07 bits per heavy atom. The summed E-state index contributed by atoms with van der Waals surface area (Å²) < 4.78 is 22.9. The zero-order valence-electron chi connectivity index (χ0n) is 29.0. The summed E-state index contributed by atoms with van der Waals surface area (Å²) in [6, 6.07) is -0.755. The van der Waals surface area contributed by atoms with Gasteiger partial charge in [0.2, 0.25) is 5.91 Å². The second-order valence-corrected chi connectivity index (χ2v) is 15.2. The third kappa shape index (κ3) is 31.3. The number of aliphatic hydroxyl groups is 1. The highest BCUT2D eigenvalue weighted by molar-refractivity contribution is 7.47. The summed E-state index contributed by atoms with van der Waals surface area (Å²) in [5, 5.41) is 13.2. The lowest BCUT2D eigenvalue weighted by molar-refractivity contribution is -0.870. The Kier molecular flexibility index (Phi) is 27.5. The minimum absolute atomic E-state index is 0.0735. The average molecular weight is 636 g/mol. The number of hydrogen-bond acceptors (Lipinski definition) is 5. The number of phosphoric ester groups is 1. The molecule has 0 aliphatic rings. The third-order valence-corrected chi connectivity index (χ3v) is 9.12. The van der Waals surface area contributed by atoms with Crippen molar-refractivity contribution in [3.05, 3.63) is 0 Å². The standard InChI is InChI=1S/C34H71N2O6P/c1-6-7-8-9-10-11-12-13-14-15-16-17-18-19-20-21-22-23-24-25-26-27-28-34(38)33(35-32(2)37)31-42-43(39,40)41-30-29-36(3,4)5/h33-34,38H,6-31H2,1-5H3,(H-,35,37,39,40)/p+1. The molecule has 0 spiro atoms. The van der Waals surface area contributed by atoms with Crippen LogP contribution in [0.5, 0.6) is 0 Å². The molecule has 0 saturated heterocycles. The Balaban J connectivity index is 3.70. The lowest BCUT2D eigenvalue weighted by atomic mass is 10.0. The van der Waals surface area contributed by atoms with E-state index >= 15 is 0 Å². The van der Waals surface area contributed by atoms with E-state index in [9.17, 15) is 19.4 Å². The van der Waals surface area contributed by atoms with Crippen LogP contribution in [0.25, 0.3) is 0 Å². The molecule has 3 N–H and O–H groups in total. The van der Waals surface area contributed by atoms with Crippen LogP contribution in [0.15, 0.2) is 0 Å². The molecule has 0 fully saturated rings. The first-order chi connectivity index (χ1) is 20.5. The summed E-state index contributed by atoms with van der Waals surface area (Å²) in [7, 11) is 1.61. The number of quaternary nitrogens is 1. The molecule has 0 rings (SSSR count). The molecule has 9 heteroatoms. The molecule has 0 radical (unpaired) electrons. The summed E-state index contributed by atoms with van der Waals surface area (Å²) >= 11 is 0. The van der Waals surface area contributed by atoms with Crippen LogP contribution < -0.4 is 5.32 Å². The van der Waals surface area contributed by atoms with E-state index in [4.69, 9.17) is 9.05 Å². The van der Waals surface area contributed by atoms with Gasteiger partial charge < -0.3 is 19.8 Å². The molecule has 0 aromatic rings. The third-order valence-electron chi connectivity index (χ3n) is 8.14. The van der Waals surface area contributed by atoms with Gasteiger partial charge >= 0.3 is 7.82 Å². The van der Waals surface area contributed by atoms with Gasteiger partial charge in [-0.05, 0) is 6.42 Å². The van der Waals surface area contributed by atoms with Gasteiger partial charge in [0.15, 0.2) is 0 Å². The highest BCUT2D eigenvalue weighted by atomic mass is 31.2. The zero-order valence-corrected chi connectivity index (χ0v) is 29.9. The van der Waals surface area contributed by atoms with Gasteiger partial charge in [-0.25, -0.2) is 4.57 Å². The number of amides is 1. The van der Waals surface area contributed by atoms with Crippen molar-refractivity contribution < 1.29 is 32.9 Å². The number of carbonyl (C=O) groups is 1. The second-order valence-electron chi connectivity index (χ2n) is 13.7. The number of nitrogens with one attached hydrogen (secondary N) is 1. The molecule has 3 unspecified atom stereocenters. The number of rotatable bonds is 32. The Morgan fingerprint density at radius 3 is 1.42 bits per heavy atom. The molecule has 0 bridgehead atoms. The van der Waals surface area contributed by atoms with Gasteiger partial charge in [-0.3, -0.25) is 13.8 Å². The Labute approximate surface area is 266 Å². The van der Waals surface area contributed by atoms with Gasteiger partial charge in [-0.2, -0.15) is 0 Å². The van der Waals surface area contributed by atoms with Crippen LogP contribution in [0.4, 0.5) is 0 Å². The van der Waals surface area contributed by atoms with E-state index in [0.717, 1.165) is 19.3 Å². The van der Waals surface area contributed by atoms with Crippen molar-refractivity contribution in [2.24, 2.45) is 0 Å². The molecule has 1 amide bonds. The van der Waals surface area contributed by atoms with Crippen molar-refractivity contribution in [3.63, 3.8) is 0 Å². The normalized spacial score (nSPS) is 14.9. The molecule has 0 aromatic carbocycles. The van der Waals surface area contributed by atoms with Gasteiger partial charge in [0.25, 0.3) is 0 Å². The van der Waals surface area contributed by atoms with E-state index in [1.807, 2.05) is 21.1 Å². The Hall–Kier alpha value is -0.500. The van der Waals surface area contributed by atoms with Crippen LogP contribution in [-0.4, -0.2) is 73.4 Å². The van der Waals surface area contributed by atoms with Crippen molar-refractivity contribution in [2.75, 3.05) is 40.9 Å². The molecule has 3 atom stereocenters. The van der Waals surface area contributed by atoms with Gasteiger partial charge in [0.05, 0.1) is 39.9 Å². The lowest BCUT2D eigenvalue weighted by Gasteiger charge is -2.26. The van der Waals surface area contributed by atoms with Gasteiger partial charge in [0, 0.05) is 6.92 Å². The molecule has 0 heterocycles. The first-order valence-electron chi connectivity index (χ1n) is 17.8. The van der Waals surface area contributed by atoms with E-state index in [1.165, 1.54) is 129 Å². The van der Waals surface area contributed by atoms with Crippen LogP contribution in [0.1, 0.15) is 162 Å². The maximum Gasteiger partial charge on any atom is 0.472 e. The van der Waals surface area contributed by atoms with E-state index < -0.39 is 20.0 Å². The van der Waals surface area contributed by atoms with Crippen LogP contribution >= 0.6 is 7.82 Å². The maximum atomic E-state index is 12.2. The summed E-state index contributed by atoms with van der Waals surface area (Å²) in [6.07, 6.45) is 29.0. The molecule has 0 aromatic heterocycles. The minimum atomic E-state index is -4.26. The molecule has 0 aliphatic heterocycles. The van der Waals surface area contributed by atoms with Gasteiger partial charge in [-0.1, -0.05) is 148 Å². The van der Waals surface area contributed by atoms with E-state index in [2.05, 4.69) is 12.2 Å². The fourth-order valence-electron chi connectivity index (χ4n) is 5.32. The molecular weight excluding hydrogens is 563 g/mol. The lowest BCUT2D eigenvalue weighted by Crippen LogP contribution is -2.45. The quantitative estimate of drug-likeness (QED) is 0.0388. The smallest absolute Gasteiger partial charge is 0.391 e. The molecule has 0 saturated carbocycles. The zero-order chi connectivity index (χ0) is 32.2. The number of phosphoric acid groups is 1.